The zero-order chi connectivity index (χ0) is 23.3. The zero-order valence-corrected chi connectivity index (χ0v) is 19.1. The van der Waals surface area contributed by atoms with E-state index in [0.29, 0.717) is 30.0 Å². The summed E-state index contributed by atoms with van der Waals surface area (Å²) in [5.41, 5.74) is 2.07. The molecule has 0 saturated carbocycles. The molecule has 32 heavy (non-hydrogen) atoms. The van der Waals surface area contributed by atoms with Gasteiger partial charge in [-0.05, 0) is 29.2 Å². The normalized spacial score (nSPS) is 17.7. The van der Waals surface area contributed by atoms with Crippen LogP contribution in [0.15, 0.2) is 48.5 Å². The predicted molar refractivity (Wildman–Crippen MR) is 122 cm³/mol. The lowest BCUT2D eigenvalue weighted by atomic mass is 9.92. The number of rotatable bonds is 7. The Kier molecular flexibility index (Phi) is 7.53. The third kappa shape index (κ3) is 6.08. The molecule has 1 aliphatic heterocycles. The molecule has 172 valence electrons. The maximum Gasteiger partial charge on any atom is 0.249 e. The average molecular weight is 441 g/mol. The van der Waals surface area contributed by atoms with Gasteiger partial charge in [0.25, 0.3) is 0 Å². The van der Waals surface area contributed by atoms with Gasteiger partial charge in [-0.1, -0.05) is 51.1 Å². The second-order valence-electron chi connectivity index (χ2n) is 9.27. The highest BCUT2D eigenvalue weighted by atomic mass is 16.5. The van der Waals surface area contributed by atoms with Crippen LogP contribution in [0.1, 0.15) is 44.4 Å². The maximum atomic E-state index is 12.6. The van der Waals surface area contributed by atoms with Gasteiger partial charge in [0.2, 0.25) is 11.8 Å². The average Bonchev–Trinajstić information content (AvgIpc) is 2.74. The molecule has 0 radical (unpaired) electrons. The van der Waals surface area contributed by atoms with Gasteiger partial charge in [-0.2, -0.15) is 0 Å². The molecule has 2 aromatic rings. The minimum atomic E-state index is -0.937. The largest absolute Gasteiger partial charge is 0.496 e. The van der Waals surface area contributed by atoms with E-state index in [4.69, 9.17) is 9.47 Å². The number of hydrogen-bond acceptors (Lipinski definition) is 5. The molecule has 2 atom stereocenters. The molecule has 3 rings (SSSR count). The van der Waals surface area contributed by atoms with Crippen LogP contribution in [0.3, 0.4) is 0 Å². The van der Waals surface area contributed by atoms with Crippen molar-refractivity contribution >= 4 is 17.5 Å². The topological polar surface area (TPSA) is 88.1 Å². The third-order valence-electron chi connectivity index (χ3n) is 5.36. The SMILES string of the molecule is COc1ccccc1CN1C(=O)COCC1C(O)c1ccc(NC(=O)CC(C)(C)C)cc1. The van der Waals surface area contributed by atoms with Crippen LogP contribution in [0.5, 0.6) is 5.75 Å². The number of nitrogens with one attached hydrogen (secondary N) is 1. The van der Waals surface area contributed by atoms with Crippen molar-refractivity contribution in [1.82, 2.24) is 4.90 Å². The van der Waals surface area contributed by atoms with Gasteiger partial charge in [-0.15, -0.1) is 0 Å². The lowest BCUT2D eigenvalue weighted by molar-refractivity contribution is -0.155. The Labute approximate surface area is 189 Å². The van der Waals surface area contributed by atoms with Gasteiger partial charge in [0, 0.05) is 24.2 Å². The van der Waals surface area contributed by atoms with Crippen LogP contribution in [0.2, 0.25) is 0 Å². The van der Waals surface area contributed by atoms with Crippen LogP contribution < -0.4 is 10.1 Å². The second-order valence-corrected chi connectivity index (χ2v) is 9.27. The van der Waals surface area contributed by atoms with Gasteiger partial charge in [0.15, 0.2) is 0 Å². The van der Waals surface area contributed by atoms with Crippen LogP contribution in [-0.4, -0.2) is 48.2 Å². The summed E-state index contributed by atoms with van der Waals surface area (Å²) in [5.74, 6) is 0.452. The predicted octanol–water partition coefficient (Wildman–Crippen LogP) is 3.53. The summed E-state index contributed by atoms with van der Waals surface area (Å²) >= 11 is 0. The quantitative estimate of drug-likeness (QED) is 0.688. The number of carbonyl (C=O) groups is 2. The highest BCUT2D eigenvalue weighted by Gasteiger charge is 2.35. The number of amides is 2. The van der Waals surface area contributed by atoms with E-state index in [1.165, 1.54) is 0 Å². The third-order valence-corrected chi connectivity index (χ3v) is 5.36. The summed E-state index contributed by atoms with van der Waals surface area (Å²) in [7, 11) is 1.59. The van der Waals surface area contributed by atoms with Crippen LogP contribution >= 0.6 is 0 Å². The molecule has 7 heteroatoms. The Bertz CT molecular complexity index is 936. The van der Waals surface area contributed by atoms with E-state index in [-0.39, 0.29) is 30.4 Å². The number of para-hydroxylation sites is 1. The van der Waals surface area contributed by atoms with E-state index in [0.717, 1.165) is 5.56 Å². The molecule has 0 aromatic heterocycles. The first-order chi connectivity index (χ1) is 15.2. The van der Waals surface area contributed by atoms with E-state index < -0.39 is 12.1 Å². The number of anilines is 1. The molecule has 2 unspecified atom stereocenters. The fourth-order valence-electron chi connectivity index (χ4n) is 3.78. The van der Waals surface area contributed by atoms with Gasteiger partial charge < -0.3 is 24.8 Å². The van der Waals surface area contributed by atoms with Crippen LogP contribution in [0, 0.1) is 5.41 Å². The molecule has 1 heterocycles. The summed E-state index contributed by atoms with van der Waals surface area (Å²) in [5, 5.41) is 14.0. The Hall–Kier alpha value is -2.90. The molecule has 2 amide bonds. The number of ether oxygens (including phenoxy) is 2. The van der Waals surface area contributed by atoms with Crippen molar-refractivity contribution in [3.05, 3.63) is 59.7 Å². The molecule has 0 spiro atoms. The monoisotopic (exact) mass is 440 g/mol. The Morgan fingerprint density at radius 1 is 1.22 bits per heavy atom. The molecule has 2 aromatic carbocycles. The van der Waals surface area contributed by atoms with Crippen LogP contribution in [0.25, 0.3) is 0 Å². The number of carbonyl (C=O) groups excluding carboxylic acids is 2. The maximum absolute atomic E-state index is 12.6. The molecule has 7 nitrogen and oxygen atoms in total. The van der Waals surface area contributed by atoms with E-state index in [2.05, 4.69) is 5.32 Å². The second kappa shape index (κ2) is 10.1. The fraction of sp³-hybridized carbons (Fsp3) is 0.440. The number of morpholine rings is 1. The number of benzene rings is 2. The number of aliphatic hydroxyl groups is 1. The smallest absolute Gasteiger partial charge is 0.249 e. The summed E-state index contributed by atoms with van der Waals surface area (Å²) < 4.78 is 10.9. The first-order valence-corrected chi connectivity index (χ1v) is 10.7. The molecular formula is C25H32N2O5. The van der Waals surface area contributed by atoms with E-state index >= 15 is 0 Å². The molecule has 2 N–H and O–H groups in total. The van der Waals surface area contributed by atoms with Gasteiger partial charge in [-0.25, -0.2) is 0 Å². The van der Waals surface area contributed by atoms with Crippen molar-refractivity contribution in [1.29, 1.82) is 0 Å². The molecule has 1 aliphatic rings. The van der Waals surface area contributed by atoms with Crippen molar-refractivity contribution in [2.45, 2.75) is 45.9 Å². The standard InChI is InChI=1S/C25H32N2O5/c1-25(2,3)13-22(28)26-19-11-9-17(10-12-19)24(30)20-15-32-16-23(29)27(20)14-18-7-5-6-8-21(18)31-4/h5-12,20,24,30H,13-16H2,1-4H3,(H,26,28). The van der Waals surface area contributed by atoms with E-state index in [1.54, 1.807) is 36.3 Å². The minimum Gasteiger partial charge on any atom is -0.496 e. The minimum absolute atomic E-state index is 0.0168. The number of aliphatic hydroxyl groups excluding tert-OH is 1. The highest BCUT2D eigenvalue weighted by Crippen LogP contribution is 2.29. The Balaban J connectivity index is 1.73. The van der Waals surface area contributed by atoms with E-state index in [9.17, 15) is 14.7 Å². The molecule has 1 saturated heterocycles. The zero-order valence-electron chi connectivity index (χ0n) is 19.1. The van der Waals surface area contributed by atoms with Crippen LogP contribution in [0.4, 0.5) is 5.69 Å². The number of nitrogens with zero attached hydrogens (tertiary/aromatic N) is 1. The number of hydrogen-bond donors (Lipinski definition) is 2. The highest BCUT2D eigenvalue weighted by molar-refractivity contribution is 5.91. The van der Waals surface area contributed by atoms with Gasteiger partial charge in [0.1, 0.15) is 18.5 Å². The van der Waals surface area contributed by atoms with Crippen molar-refractivity contribution in [3.63, 3.8) is 0 Å². The van der Waals surface area contributed by atoms with Crippen molar-refractivity contribution < 1.29 is 24.2 Å². The summed E-state index contributed by atoms with van der Waals surface area (Å²) in [4.78, 5) is 26.4. The Morgan fingerprint density at radius 3 is 2.56 bits per heavy atom. The molecule has 0 bridgehead atoms. The fourth-order valence-corrected chi connectivity index (χ4v) is 3.78. The molecular weight excluding hydrogens is 408 g/mol. The lowest BCUT2D eigenvalue weighted by Gasteiger charge is -2.38. The molecule has 0 aliphatic carbocycles. The van der Waals surface area contributed by atoms with Gasteiger partial charge >= 0.3 is 0 Å². The summed E-state index contributed by atoms with van der Waals surface area (Å²) in [6.45, 7) is 6.56. The molecule has 1 fully saturated rings. The number of methoxy groups -OCH3 is 1. The van der Waals surface area contributed by atoms with Crippen LogP contribution in [-0.2, 0) is 20.9 Å². The van der Waals surface area contributed by atoms with Crippen molar-refractivity contribution in [2.75, 3.05) is 25.6 Å². The van der Waals surface area contributed by atoms with Crippen molar-refractivity contribution in [3.8, 4) is 5.75 Å². The lowest BCUT2D eigenvalue weighted by Crippen LogP contribution is -2.51. The Morgan fingerprint density at radius 2 is 1.91 bits per heavy atom. The van der Waals surface area contributed by atoms with Gasteiger partial charge in [0.05, 0.1) is 19.8 Å². The first-order valence-electron chi connectivity index (χ1n) is 10.7. The first kappa shape index (κ1) is 23.8. The van der Waals surface area contributed by atoms with Crippen molar-refractivity contribution in [2.24, 2.45) is 5.41 Å². The summed E-state index contributed by atoms with van der Waals surface area (Å²) in [6.07, 6.45) is -0.523. The van der Waals surface area contributed by atoms with E-state index in [1.807, 2.05) is 45.0 Å². The summed E-state index contributed by atoms with van der Waals surface area (Å²) in [6, 6.07) is 14.0. The van der Waals surface area contributed by atoms with Gasteiger partial charge in [-0.3, -0.25) is 9.59 Å².